The highest BCUT2D eigenvalue weighted by Gasteiger charge is 2.47. The lowest BCUT2D eigenvalue weighted by atomic mass is 9.71. The van der Waals surface area contributed by atoms with E-state index < -0.39 is 0 Å². The van der Waals surface area contributed by atoms with Crippen molar-refractivity contribution in [3.8, 4) is 0 Å². The molecule has 1 aromatic carbocycles. The maximum atomic E-state index is 12.1. The number of carbonyl (C=O) groups is 1. The summed E-state index contributed by atoms with van der Waals surface area (Å²) < 4.78 is 0. The van der Waals surface area contributed by atoms with Crippen molar-refractivity contribution in [1.82, 2.24) is 5.32 Å². The molecule has 3 rings (SSSR count). The smallest absolute Gasteiger partial charge is 0.221 e. The SMILES string of the molecule is CCCC1CCCC2(CC1)CC(=O)NC2c1ccccc1. The highest BCUT2D eigenvalue weighted by molar-refractivity contribution is 5.80. The first-order valence-corrected chi connectivity index (χ1v) is 8.58. The Balaban J connectivity index is 1.82. The summed E-state index contributed by atoms with van der Waals surface area (Å²) in [4.78, 5) is 12.1. The number of hydrogen-bond acceptors (Lipinski definition) is 1. The summed E-state index contributed by atoms with van der Waals surface area (Å²) in [5.41, 5.74) is 1.46. The Kier molecular flexibility index (Phi) is 4.32. The second kappa shape index (κ2) is 6.21. The normalized spacial score (nSPS) is 32.9. The Morgan fingerprint density at radius 1 is 1.19 bits per heavy atom. The average Bonchev–Trinajstić information content (AvgIpc) is 2.68. The fraction of sp³-hybridized carbons (Fsp3) is 0.632. The quantitative estimate of drug-likeness (QED) is 0.863. The molecule has 2 heteroatoms. The minimum absolute atomic E-state index is 0.168. The summed E-state index contributed by atoms with van der Waals surface area (Å²) in [6.07, 6.45) is 9.71. The molecule has 1 aromatic rings. The van der Waals surface area contributed by atoms with Gasteiger partial charge in [0.1, 0.15) is 0 Å². The van der Waals surface area contributed by atoms with Gasteiger partial charge in [-0.05, 0) is 30.7 Å². The van der Waals surface area contributed by atoms with Gasteiger partial charge in [0.05, 0.1) is 6.04 Å². The molecule has 0 aromatic heterocycles. The molecule has 2 fully saturated rings. The average molecular weight is 285 g/mol. The third-order valence-electron chi connectivity index (χ3n) is 5.60. The van der Waals surface area contributed by atoms with E-state index in [0.29, 0.717) is 0 Å². The summed E-state index contributed by atoms with van der Waals surface area (Å²) in [6, 6.07) is 10.8. The summed E-state index contributed by atoms with van der Waals surface area (Å²) in [6.45, 7) is 2.29. The van der Waals surface area contributed by atoms with Crippen molar-refractivity contribution in [3.63, 3.8) is 0 Å². The summed E-state index contributed by atoms with van der Waals surface area (Å²) in [5, 5.41) is 3.27. The topological polar surface area (TPSA) is 29.1 Å². The standard InChI is InChI=1S/C19H27NO/c1-2-7-15-8-6-12-19(13-11-15)14-17(21)20-18(19)16-9-4-3-5-10-16/h3-5,9-10,15,18H,2,6-8,11-14H2,1H3,(H,20,21). The highest BCUT2D eigenvalue weighted by atomic mass is 16.2. The van der Waals surface area contributed by atoms with Crippen LogP contribution in [0.3, 0.4) is 0 Å². The van der Waals surface area contributed by atoms with Crippen molar-refractivity contribution in [3.05, 3.63) is 35.9 Å². The van der Waals surface area contributed by atoms with Crippen LogP contribution in [0.15, 0.2) is 30.3 Å². The molecular formula is C19H27NO. The molecule has 3 atom stereocenters. The minimum atomic E-state index is 0.168. The van der Waals surface area contributed by atoms with Crippen molar-refractivity contribution in [1.29, 1.82) is 0 Å². The van der Waals surface area contributed by atoms with Crippen LogP contribution in [0.25, 0.3) is 0 Å². The molecule has 2 aliphatic rings. The molecule has 0 bridgehead atoms. The number of carbonyl (C=O) groups excluding carboxylic acids is 1. The highest BCUT2D eigenvalue weighted by Crippen LogP contribution is 2.52. The monoisotopic (exact) mass is 285 g/mol. The van der Waals surface area contributed by atoms with Gasteiger partial charge in [0.2, 0.25) is 5.91 Å². The van der Waals surface area contributed by atoms with Gasteiger partial charge in [-0.3, -0.25) is 4.79 Å². The molecule has 1 saturated carbocycles. The molecule has 1 aliphatic carbocycles. The van der Waals surface area contributed by atoms with Gasteiger partial charge in [-0.1, -0.05) is 62.9 Å². The first-order chi connectivity index (χ1) is 10.2. The van der Waals surface area contributed by atoms with Crippen LogP contribution >= 0.6 is 0 Å². The van der Waals surface area contributed by atoms with E-state index in [0.717, 1.165) is 12.3 Å². The first kappa shape index (κ1) is 14.6. The van der Waals surface area contributed by atoms with Crippen molar-refractivity contribution < 1.29 is 4.79 Å². The predicted octanol–water partition coefficient (Wildman–Crippen LogP) is 4.61. The fourth-order valence-corrected chi connectivity index (χ4v) is 4.54. The molecule has 1 heterocycles. The largest absolute Gasteiger partial charge is 0.349 e. The molecule has 1 aliphatic heterocycles. The summed E-state index contributed by atoms with van der Waals surface area (Å²) >= 11 is 0. The number of rotatable bonds is 3. The third-order valence-corrected chi connectivity index (χ3v) is 5.60. The molecule has 114 valence electrons. The van der Waals surface area contributed by atoms with Crippen LogP contribution in [-0.4, -0.2) is 5.91 Å². The Morgan fingerprint density at radius 3 is 2.76 bits per heavy atom. The molecule has 3 unspecified atom stereocenters. The minimum Gasteiger partial charge on any atom is -0.349 e. The van der Waals surface area contributed by atoms with Crippen molar-refractivity contribution in [2.75, 3.05) is 0 Å². The number of amides is 1. The van der Waals surface area contributed by atoms with Crippen molar-refractivity contribution >= 4 is 5.91 Å². The van der Waals surface area contributed by atoms with Gasteiger partial charge in [-0.25, -0.2) is 0 Å². The maximum absolute atomic E-state index is 12.1. The summed E-state index contributed by atoms with van der Waals surface area (Å²) in [5.74, 6) is 1.12. The molecule has 1 saturated heterocycles. The second-order valence-electron chi connectivity index (χ2n) is 7.04. The Hall–Kier alpha value is -1.31. The van der Waals surface area contributed by atoms with E-state index >= 15 is 0 Å². The Bertz CT molecular complexity index is 484. The predicted molar refractivity (Wildman–Crippen MR) is 85.9 cm³/mol. The van der Waals surface area contributed by atoms with Gasteiger partial charge in [-0.2, -0.15) is 0 Å². The van der Waals surface area contributed by atoms with E-state index in [1.165, 1.54) is 50.5 Å². The lowest BCUT2D eigenvalue weighted by Gasteiger charge is -2.33. The van der Waals surface area contributed by atoms with E-state index in [2.05, 4.69) is 42.6 Å². The van der Waals surface area contributed by atoms with E-state index in [4.69, 9.17) is 0 Å². The Morgan fingerprint density at radius 2 is 2.00 bits per heavy atom. The molecule has 1 spiro atoms. The molecule has 0 radical (unpaired) electrons. The van der Waals surface area contributed by atoms with E-state index in [1.807, 2.05) is 0 Å². The van der Waals surface area contributed by atoms with Crippen LogP contribution in [0.2, 0.25) is 0 Å². The zero-order valence-electron chi connectivity index (χ0n) is 13.1. The number of hydrogen-bond donors (Lipinski definition) is 1. The lowest BCUT2D eigenvalue weighted by Crippen LogP contribution is -2.29. The first-order valence-electron chi connectivity index (χ1n) is 8.58. The van der Waals surface area contributed by atoms with Gasteiger partial charge in [0.15, 0.2) is 0 Å². The van der Waals surface area contributed by atoms with Crippen LogP contribution in [-0.2, 0) is 4.79 Å². The van der Waals surface area contributed by atoms with Gasteiger partial charge in [0.25, 0.3) is 0 Å². The third kappa shape index (κ3) is 3.00. The van der Waals surface area contributed by atoms with Crippen molar-refractivity contribution in [2.24, 2.45) is 11.3 Å². The maximum Gasteiger partial charge on any atom is 0.221 e. The van der Waals surface area contributed by atoms with Crippen LogP contribution in [0, 0.1) is 11.3 Å². The van der Waals surface area contributed by atoms with E-state index in [9.17, 15) is 4.79 Å². The fourth-order valence-electron chi connectivity index (χ4n) is 4.54. The Labute approximate surface area is 128 Å². The molecular weight excluding hydrogens is 258 g/mol. The molecule has 2 nitrogen and oxygen atoms in total. The van der Waals surface area contributed by atoms with Crippen molar-refractivity contribution in [2.45, 2.75) is 64.3 Å². The molecule has 1 amide bonds. The number of benzene rings is 1. The number of nitrogens with one attached hydrogen (secondary N) is 1. The van der Waals surface area contributed by atoms with Crippen LogP contribution in [0.5, 0.6) is 0 Å². The van der Waals surface area contributed by atoms with E-state index in [1.54, 1.807) is 0 Å². The zero-order chi connectivity index (χ0) is 14.7. The second-order valence-corrected chi connectivity index (χ2v) is 7.04. The molecule has 21 heavy (non-hydrogen) atoms. The lowest BCUT2D eigenvalue weighted by molar-refractivity contribution is -0.119. The van der Waals surface area contributed by atoms with Crippen LogP contribution in [0.4, 0.5) is 0 Å². The van der Waals surface area contributed by atoms with E-state index in [-0.39, 0.29) is 17.4 Å². The van der Waals surface area contributed by atoms with Crippen LogP contribution in [0.1, 0.15) is 69.9 Å². The van der Waals surface area contributed by atoms with Gasteiger partial charge in [0, 0.05) is 11.8 Å². The summed E-state index contributed by atoms with van der Waals surface area (Å²) in [7, 11) is 0. The molecule has 1 N–H and O–H groups in total. The van der Waals surface area contributed by atoms with Crippen LogP contribution < -0.4 is 5.32 Å². The van der Waals surface area contributed by atoms with Gasteiger partial charge < -0.3 is 5.32 Å². The van der Waals surface area contributed by atoms with Gasteiger partial charge >= 0.3 is 0 Å². The zero-order valence-corrected chi connectivity index (χ0v) is 13.1. The van der Waals surface area contributed by atoms with Gasteiger partial charge in [-0.15, -0.1) is 0 Å².